The summed E-state index contributed by atoms with van der Waals surface area (Å²) >= 11 is 0. The van der Waals surface area contributed by atoms with Crippen LogP contribution in [0.5, 0.6) is 11.5 Å². The number of phenols is 2. The molecule has 0 fully saturated rings. The number of hydrogen-bond donors (Lipinski definition) is 3. The van der Waals surface area contributed by atoms with E-state index in [1.165, 1.54) is 19.2 Å². The van der Waals surface area contributed by atoms with Gasteiger partial charge in [-0.05, 0) is 31.2 Å². The first kappa shape index (κ1) is 15.5. The molecule has 0 aromatic heterocycles. The molecule has 0 heterocycles. The first-order valence-corrected chi connectivity index (χ1v) is 4.84. The van der Waals surface area contributed by atoms with Crippen LogP contribution in [0.2, 0.25) is 0 Å². The zero-order valence-electron chi connectivity index (χ0n) is 9.64. The number of likely N-dealkylation sites (N-methyl/N-ethyl adjacent to an activating group) is 1. The van der Waals surface area contributed by atoms with Crippen LogP contribution < -0.4 is 5.32 Å². The van der Waals surface area contributed by atoms with Crippen LogP contribution in [0.25, 0.3) is 0 Å². The second kappa shape index (κ2) is 6.98. The Morgan fingerprint density at radius 2 is 2.06 bits per heavy atom. The number of rotatable bonds is 4. The molecule has 1 atom stereocenters. The highest BCUT2D eigenvalue weighted by Gasteiger charge is 2.17. The van der Waals surface area contributed by atoms with Gasteiger partial charge >= 0.3 is 5.97 Å². The van der Waals surface area contributed by atoms with Crippen molar-refractivity contribution >= 4 is 18.4 Å². The summed E-state index contributed by atoms with van der Waals surface area (Å²) in [5.74, 6) is -0.741. The maximum Gasteiger partial charge on any atom is 0.323 e. The van der Waals surface area contributed by atoms with Gasteiger partial charge in [0.2, 0.25) is 0 Å². The predicted molar refractivity (Wildman–Crippen MR) is 65.6 cm³/mol. The van der Waals surface area contributed by atoms with Crippen LogP contribution >= 0.6 is 12.4 Å². The van der Waals surface area contributed by atoms with E-state index in [1.807, 2.05) is 0 Å². The van der Waals surface area contributed by atoms with Gasteiger partial charge in [0.25, 0.3) is 0 Å². The Labute approximate surface area is 106 Å². The van der Waals surface area contributed by atoms with Crippen LogP contribution in [-0.2, 0) is 16.0 Å². The fourth-order valence-electron chi connectivity index (χ4n) is 1.38. The van der Waals surface area contributed by atoms with Crippen molar-refractivity contribution in [2.75, 3.05) is 14.2 Å². The molecule has 0 aliphatic heterocycles. The van der Waals surface area contributed by atoms with E-state index in [2.05, 4.69) is 10.1 Å². The van der Waals surface area contributed by atoms with Crippen molar-refractivity contribution in [1.29, 1.82) is 0 Å². The molecule has 0 saturated heterocycles. The zero-order chi connectivity index (χ0) is 12.1. The van der Waals surface area contributed by atoms with E-state index >= 15 is 0 Å². The third-order valence-corrected chi connectivity index (χ3v) is 2.31. The molecular formula is C11H16ClNO4. The molecule has 0 aliphatic rings. The quantitative estimate of drug-likeness (QED) is 0.553. The average molecular weight is 262 g/mol. The summed E-state index contributed by atoms with van der Waals surface area (Å²) in [5.41, 5.74) is 0.736. The standard InChI is InChI=1S/C11H15NO4.ClH/c1-12-8(11(15)16-2)5-7-3-4-9(13)10(14)6-7;/h3-4,6,8,12-14H,5H2,1-2H3;1H. The molecule has 1 unspecified atom stereocenters. The predicted octanol–water partition coefficient (Wildman–Crippen LogP) is 0.823. The van der Waals surface area contributed by atoms with Gasteiger partial charge in [0.1, 0.15) is 6.04 Å². The minimum absolute atomic E-state index is 0. The van der Waals surface area contributed by atoms with E-state index in [9.17, 15) is 9.90 Å². The lowest BCUT2D eigenvalue weighted by atomic mass is 10.1. The van der Waals surface area contributed by atoms with Crippen LogP contribution in [0.4, 0.5) is 0 Å². The maximum absolute atomic E-state index is 11.3. The second-order valence-corrected chi connectivity index (χ2v) is 3.39. The summed E-state index contributed by atoms with van der Waals surface area (Å²) in [7, 11) is 2.98. The third-order valence-electron chi connectivity index (χ3n) is 2.31. The molecule has 1 rings (SSSR count). The topological polar surface area (TPSA) is 78.8 Å². The number of phenolic OH excluding ortho intramolecular Hbond substituents is 2. The first-order valence-electron chi connectivity index (χ1n) is 4.84. The summed E-state index contributed by atoms with van der Waals surface area (Å²) < 4.78 is 4.62. The SMILES string of the molecule is CNC(Cc1ccc(O)c(O)c1)C(=O)OC.Cl. The van der Waals surface area contributed by atoms with E-state index in [1.54, 1.807) is 13.1 Å². The summed E-state index contributed by atoms with van der Waals surface area (Å²) in [6.07, 6.45) is 0.386. The molecule has 6 heteroatoms. The molecule has 0 bridgehead atoms. The number of benzene rings is 1. The van der Waals surface area contributed by atoms with Crippen LogP contribution in [0.3, 0.4) is 0 Å². The van der Waals surface area contributed by atoms with Crippen molar-refractivity contribution in [1.82, 2.24) is 5.32 Å². The molecule has 0 radical (unpaired) electrons. The highest BCUT2D eigenvalue weighted by Crippen LogP contribution is 2.25. The zero-order valence-corrected chi connectivity index (χ0v) is 10.5. The van der Waals surface area contributed by atoms with Crippen molar-refractivity contribution in [2.24, 2.45) is 0 Å². The largest absolute Gasteiger partial charge is 0.504 e. The van der Waals surface area contributed by atoms with Gasteiger partial charge in [-0.15, -0.1) is 12.4 Å². The van der Waals surface area contributed by atoms with Crippen LogP contribution in [0.1, 0.15) is 5.56 Å². The van der Waals surface area contributed by atoms with Crippen molar-refractivity contribution in [2.45, 2.75) is 12.5 Å². The Kier molecular flexibility index (Phi) is 6.38. The lowest BCUT2D eigenvalue weighted by Gasteiger charge is -2.13. The maximum atomic E-state index is 11.3. The van der Waals surface area contributed by atoms with Crippen LogP contribution in [0.15, 0.2) is 18.2 Å². The van der Waals surface area contributed by atoms with Crippen molar-refractivity contribution < 1.29 is 19.7 Å². The number of methoxy groups -OCH3 is 1. The summed E-state index contributed by atoms with van der Waals surface area (Å²) in [6, 6.07) is 3.98. The van der Waals surface area contributed by atoms with Crippen LogP contribution in [-0.4, -0.2) is 36.4 Å². The third kappa shape index (κ3) is 4.13. The molecule has 0 saturated carbocycles. The fraction of sp³-hybridized carbons (Fsp3) is 0.364. The Morgan fingerprint density at radius 1 is 1.41 bits per heavy atom. The number of aromatic hydroxyl groups is 2. The summed E-state index contributed by atoms with van der Waals surface area (Å²) in [6.45, 7) is 0. The molecule has 0 spiro atoms. The average Bonchev–Trinajstić information content (AvgIpc) is 2.29. The Bertz CT molecular complexity index is 384. The fourth-order valence-corrected chi connectivity index (χ4v) is 1.38. The van der Waals surface area contributed by atoms with Gasteiger partial charge in [-0.2, -0.15) is 0 Å². The van der Waals surface area contributed by atoms with Gasteiger partial charge in [-0.3, -0.25) is 4.79 Å². The van der Waals surface area contributed by atoms with Gasteiger partial charge in [0.15, 0.2) is 11.5 Å². The van der Waals surface area contributed by atoms with E-state index in [4.69, 9.17) is 5.11 Å². The van der Waals surface area contributed by atoms with E-state index in [0.717, 1.165) is 5.56 Å². The van der Waals surface area contributed by atoms with Crippen molar-refractivity contribution in [3.63, 3.8) is 0 Å². The molecule has 0 amide bonds. The highest BCUT2D eigenvalue weighted by molar-refractivity contribution is 5.85. The van der Waals surface area contributed by atoms with E-state index < -0.39 is 6.04 Å². The molecule has 96 valence electrons. The molecule has 3 N–H and O–H groups in total. The highest BCUT2D eigenvalue weighted by atomic mass is 35.5. The number of carbonyl (C=O) groups is 1. The van der Waals surface area contributed by atoms with Gasteiger partial charge in [0.05, 0.1) is 7.11 Å². The summed E-state index contributed by atoms with van der Waals surface area (Å²) in [4.78, 5) is 11.3. The molecular weight excluding hydrogens is 246 g/mol. The molecule has 0 aliphatic carbocycles. The normalized spacial score (nSPS) is 11.4. The first-order chi connectivity index (χ1) is 7.58. The van der Waals surface area contributed by atoms with Gasteiger partial charge in [0, 0.05) is 0 Å². The minimum Gasteiger partial charge on any atom is -0.504 e. The van der Waals surface area contributed by atoms with E-state index in [0.29, 0.717) is 6.42 Å². The molecule has 1 aromatic rings. The number of ether oxygens (including phenoxy) is 1. The smallest absolute Gasteiger partial charge is 0.323 e. The number of carbonyl (C=O) groups excluding carboxylic acids is 1. The van der Waals surface area contributed by atoms with Gasteiger partial charge < -0.3 is 20.3 Å². The lowest BCUT2D eigenvalue weighted by molar-refractivity contribution is -0.142. The summed E-state index contributed by atoms with van der Waals surface area (Å²) in [5, 5.41) is 21.2. The van der Waals surface area contributed by atoms with Crippen molar-refractivity contribution in [3.8, 4) is 11.5 Å². The van der Waals surface area contributed by atoms with Crippen molar-refractivity contribution in [3.05, 3.63) is 23.8 Å². The Balaban J connectivity index is 0.00000256. The monoisotopic (exact) mass is 261 g/mol. The van der Waals surface area contributed by atoms with Gasteiger partial charge in [-0.1, -0.05) is 6.07 Å². The second-order valence-electron chi connectivity index (χ2n) is 3.39. The Morgan fingerprint density at radius 3 is 2.53 bits per heavy atom. The molecule has 1 aromatic carbocycles. The minimum atomic E-state index is -0.464. The van der Waals surface area contributed by atoms with Gasteiger partial charge in [-0.25, -0.2) is 0 Å². The molecule has 17 heavy (non-hydrogen) atoms. The lowest BCUT2D eigenvalue weighted by Crippen LogP contribution is -2.36. The number of esters is 1. The van der Waals surface area contributed by atoms with E-state index in [-0.39, 0.29) is 29.9 Å². The van der Waals surface area contributed by atoms with Crippen LogP contribution in [0, 0.1) is 0 Å². The Hall–Kier alpha value is -1.46. The number of hydrogen-bond acceptors (Lipinski definition) is 5. The number of halogens is 1. The molecule has 5 nitrogen and oxygen atoms in total. The number of nitrogens with one attached hydrogen (secondary N) is 1.